The van der Waals surface area contributed by atoms with Gasteiger partial charge >= 0.3 is 5.69 Å². The molecule has 106 valence electrons. The fourth-order valence-corrected chi connectivity index (χ4v) is 2.14. The van der Waals surface area contributed by atoms with Gasteiger partial charge in [-0.2, -0.15) is 0 Å². The van der Waals surface area contributed by atoms with E-state index in [0.717, 1.165) is 0 Å². The molecule has 0 aliphatic carbocycles. The molecule has 0 atom stereocenters. The molecule has 1 aromatic heterocycles. The molecule has 1 heterocycles. The number of halogens is 1. The van der Waals surface area contributed by atoms with Gasteiger partial charge in [0, 0.05) is 11.1 Å². The Morgan fingerprint density at radius 3 is 2.48 bits per heavy atom. The van der Waals surface area contributed by atoms with E-state index in [1.807, 2.05) is 0 Å². The molecule has 0 aliphatic rings. The molecule has 5 nitrogen and oxygen atoms in total. The van der Waals surface area contributed by atoms with Crippen LogP contribution in [-0.4, -0.2) is 22.9 Å². The fraction of sp³-hybridized carbons (Fsp3) is 0.0667. The molecular formula is C15H11FN2O3. The molecule has 0 fully saturated rings. The molecule has 0 saturated carbocycles. The van der Waals surface area contributed by atoms with Gasteiger partial charge in [0.1, 0.15) is 0 Å². The molecule has 0 aliphatic heterocycles. The number of benzene rings is 2. The van der Waals surface area contributed by atoms with Crippen LogP contribution in [0.5, 0.6) is 5.75 Å². The zero-order valence-corrected chi connectivity index (χ0v) is 11.1. The smallest absolute Gasteiger partial charge is 0.323 e. The van der Waals surface area contributed by atoms with E-state index in [-0.39, 0.29) is 17.2 Å². The molecule has 0 spiro atoms. The van der Waals surface area contributed by atoms with Gasteiger partial charge in [-0.1, -0.05) is 0 Å². The van der Waals surface area contributed by atoms with Crippen LogP contribution in [-0.2, 0) is 0 Å². The molecule has 0 amide bonds. The minimum Gasteiger partial charge on any atom is -0.494 e. The number of nitrogens with one attached hydrogen (secondary N) is 2. The largest absolute Gasteiger partial charge is 0.494 e. The van der Waals surface area contributed by atoms with Gasteiger partial charge < -0.3 is 14.7 Å². The summed E-state index contributed by atoms with van der Waals surface area (Å²) in [6.07, 6.45) is 0. The van der Waals surface area contributed by atoms with Crippen LogP contribution in [0, 0.1) is 5.82 Å². The lowest BCUT2D eigenvalue weighted by Crippen LogP contribution is -2.02. The lowest BCUT2D eigenvalue weighted by Gasteiger charge is -2.05. The highest BCUT2D eigenvalue weighted by Gasteiger charge is 2.13. The van der Waals surface area contributed by atoms with E-state index in [9.17, 15) is 14.0 Å². The minimum atomic E-state index is -0.528. The summed E-state index contributed by atoms with van der Waals surface area (Å²) < 4.78 is 18.2. The number of rotatable bonds is 3. The molecule has 3 rings (SSSR count). The SMILES string of the molecule is COc1cc(C(=O)c2ccc3[nH]c(=O)[nH]c3c2)ccc1F. The number of ether oxygens (including phenoxy) is 1. The van der Waals surface area contributed by atoms with Gasteiger partial charge in [-0.25, -0.2) is 9.18 Å². The number of carbonyl (C=O) groups excluding carboxylic acids is 1. The molecule has 0 saturated heterocycles. The number of ketones is 1. The summed E-state index contributed by atoms with van der Waals surface area (Å²) in [4.78, 5) is 28.8. The number of methoxy groups -OCH3 is 1. The summed E-state index contributed by atoms with van der Waals surface area (Å²) in [5, 5.41) is 0. The van der Waals surface area contributed by atoms with Crippen molar-refractivity contribution in [2.45, 2.75) is 0 Å². The second kappa shape index (κ2) is 4.90. The second-order valence-corrected chi connectivity index (χ2v) is 4.52. The molecule has 2 aromatic carbocycles. The van der Waals surface area contributed by atoms with Crippen LogP contribution in [0.1, 0.15) is 15.9 Å². The first-order chi connectivity index (χ1) is 10.1. The molecule has 0 bridgehead atoms. The number of hydrogen-bond donors (Lipinski definition) is 2. The lowest BCUT2D eigenvalue weighted by atomic mass is 10.0. The van der Waals surface area contributed by atoms with Gasteiger partial charge in [0.25, 0.3) is 0 Å². The first kappa shape index (κ1) is 13.1. The Hall–Kier alpha value is -2.89. The van der Waals surface area contributed by atoms with Gasteiger partial charge in [0.2, 0.25) is 0 Å². The van der Waals surface area contributed by atoms with E-state index in [4.69, 9.17) is 4.74 Å². The number of hydrogen-bond acceptors (Lipinski definition) is 3. The van der Waals surface area contributed by atoms with Gasteiger partial charge in [-0.05, 0) is 36.4 Å². The summed E-state index contributed by atoms with van der Waals surface area (Å²) in [6, 6.07) is 8.74. The third-order valence-electron chi connectivity index (χ3n) is 3.19. The zero-order chi connectivity index (χ0) is 15.0. The van der Waals surface area contributed by atoms with Gasteiger partial charge in [0.05, 0.1) is 18.1 Å². The van der Waals surface area contributed by atoms with E-state index in [1.54, 1.807) is 18.2 Å². The van der Waals surface area contributed by atoms with E-state index in [2.05, 4.69) is 9.97 Å². The van der Waals surface area contributed by atoms with Crippen LogP contribution in [0.2, 0.25) is 0 Å². The van der Waals surface area contributed by atoms with Crippen LogP contribution in [0.15, 0.2) is 41.2 Å². The van der Waals surface area contributed by atoms with Crippen LogP contribution < -0.4 is 10.4 Å². The highest BCUT2D eigenvalue weighted by atomic mass is 19.1. The van der Waals surface area contributed by atoms with Crippen molar-refractivity contribution in [3.8, 4) is 5.75 Å². The number of imidazole rings is 1. The Labute approximate surface area is 118 Å². The van der Waals surface area contributed by atoms with Crippen molar-refractivity contribution >= 4 is 16.8 Å². The van der Waals surface area contributed by atoms with Crippen molar-refractivity contribution < 1.29 is 13.9 Å². The molecule has 21 heavy (non-hydrogen) atoms. The van der Waals surface area contributed by atoms with Gasteiger partial charge in [-0.15, -0.1) is 0 Å². The van der Waals surface area contributed by atoms with Crippen LogP contribution >= 0.6 is 0 Å². The number of aromatic amines is 2. The molecule has 3 aromatic rings. The van der Waals surface area contributed by atoms with E-state index < -0.39 is 5.82 Å². The van der Waals surface area contributed by atoms with E-state index in [0.29, 0.717) is 22.2 Å². The van der Waals surface area contributed by atoms with Crippen molar-refractivity contribution in [3.05, 3.63) is 63.8 Å². The first-order valence-electron chi connectivity index (χ1n) is 6.19. The summed E-state index contributed by atoms with van der Waals surface area (Å²) in [5.74, 6) is -0.798. The molecule has 6 heteroatoms. The van der Waals surface area contributed by atoms with Crippen molar-refractivity contribution in [2.75, 3.05) is 7.11 Å². The number of fused-ring (bicyclic) bond motifs is 1. The molecule has 0 unspecified atom stereocenters. The van der Waals surface area contributed by atoms with E-state index >= 15 is 0 Å². The average molecular weight is 286 g/mol. The zero-order valence-electron chi connectivity index (χ0n) is 11.1. The Kier molecular flexibility index (Phi) is 3.06. The van der Waals surface area contributed by atoms with Crippen molar-refractivity contribution in [1.29, 1.82) is 0 Å². The maximum absolute atomic E-state index is 13.4. The maximum atomic E-state index is 13.4. The van der Waals surface area contributed by atoms with Gasteiger partial charge in [0.15, 0.2) is 17.3 Å². The topological polar surface area (TPSA) is 75.0 Å². The predicted molar refractivity (Wildman–Crippen MR) is 75.3 cm³/mol. The van der Waals surface area contributed by atoms with Crippen molar-refractivity contribution in [3.63, 3.8) is 0 Å². The first-order valence-corrected chi connectivity index (χ1v) is 6.19. The van der Waals surface area contributed by atoms with Crippen LogP contribution in [0.3, 0.4) is 0 Å². The number of H-pyrrole nitrogens is 2. The number of aromatic nitrogens is 2. The third kappa shape index (κ3) is 2.31. The lowest BCUT2D eigenvalue weighted by molar-refractivity contribution is 0.103. The Morgan fingerprint density at radius 1 is 1.05 bits per heavy atom. The third-order valence-corrected chi connectivity index (χ3v) is 3.19. The van der Waals surface area contributed by atoms with Crippen LogP contribution in [0.4, 0.5) is 4.39 Å². The molecular weight excluding hydrogens is 275 g/mol. The highest BCUT2D eigenvalue weighted by molar-refractivity contribution is 6.10. The van der Waals surface area contributed by atoms with Crippen LogP contribution in [0.25, 0.3) is 11.0 Å². The quantitative estimate of drug-likeness (QED) is 0.725. The Balaban J connectivity index is 2.05. The molecule has 2 N–H and O–H groups in total. The minimum absolute atomic E-state index is 0.0111. The maximum Gasteiger partial charge on any atom is 0.323 e. The number of carbonyl (C=O) groups is 1. The highest BCUT2D eigenvalue weighted by Crippen LogP contribution is 2.21. The summed E-state index contributed by atoms with van der Waals surface area (Å²) >= 11 is 0. The standard InChI is InChI=1S/C15H11FN2O3/c1-21-13-7-9(2-4-10(13)16)14(19)8-3-5-11-12(6-8)18-15(20)17-11/h2-7H,1H3,(H2,17,18,20). The Bertz CT molecular complexity index is 895. The fourth-order valence-electron chi connectivity index (χ4n) is 2.14. The summed E-state index contributed by atoms with van der Waals surface area (Å²) in [7, 11) is 1.34. The summed E-state index contributed by atoms with van der Waals surface area (Å²) in [5.41, 5.74) is 1.53. The van der Waals surface area contributed by atoms with Gasteiger partial charge in [-0.3, -0.25) is 4.79 Å². The predicted octanol–water partition coefficient (Wildman–Crippen LogP) is 2.23. The van der Waals surface area contributed by atoms with Crippen molar-refractivity contribution in [1.82, 2.24) is 9.97 Å². The second-order valence-electron chi connectivity index (χ2n) is 4.52. The normalized spacial score (nSPS) is 10.8. The Morgan fingerprint density at radius 2 is 1.71 bits per heavy atom. The summed E-state index contributed by atoms with van der Waals surface area (Å²) in [6.45, 7) is 0. The average Bonchev–Trinajstić information content (AvgIpc) is 2.86. The monoisotopic (exact) mass is 286 g/mol. The molecule has 0 radical (unpaired) electrons. The van der Waals surface area contributed by atoms with Crippen molar-refractivity contribution in [2.24, 2.45) is 0 Å². The van der Waals surface area contributed by atoms with E-state index in [1.165, 1.54) is 25.3 Å².